The van der Waals surface area contributed by atoms with Crippen LogP contribution in [-0.4, -0.2) is 30.6 Å². The molecule has 0 radical (unpaired) electrons. The molecule has 122 valence electrons. The van der Waals surface area contributed by atoms with Crippen molar-refractivity contribution in [2.75, 3.05) is 19.6 Å². The van der Waals surface area contributed by atoms with Crippen LogP contribution in [0.5, 0.6) is 0 Å². The molecule has 0 bridgehead atoms. The van der Waals surface area contributed by atoms with Gasteiger partial charge in [0.25, 0.3) is 0 Å². The Kier molecular flexibility index (Phi) is 9.14. The average Bonchev–Trinajstić information content (AvgIpc) is 3.11. The average molecular weight is 434 g/mol. The molecule has 0 aromatic carbocycles. The van der Waals surface area contributed by atoms with Crippen LogP contribution in [0.15, 0.2) is 34.0 Å². The first kappa shape index (κ1) is 19.0. The van der Waals surface area contributed by atoms with E-state index in [2.05, 4.69) is 34.5 Å². The van der Waals surface area contributed by atoms with Crippen LogP contribution in [0.4, 0.5) is 0 Å². The zero-order valence-electron chi connectivity index (χ0n) is 13.0. The second-order valence-electron chi connectivity index (χ2n) is 4.63. The van der Waals surface area contributed by atoms with Gasteiger partial charge in [-0.05, 0) is 26.0 Å². The number of nitrogens with one attached hydrogen (secondary N) is 2. The number of aryl methyl sites for hydroxylation is 1. The number of guanidine groups is 1. The van der Waals surface area contributed by atoms with Gasteiger partial charge in [-0.1, -0.05) is 0 Å². The molecular weight excluding hydrogens is 411 g/mol. The van der Waals surface area contributed by atoms with E-state index < -0.39 is 0 Å². The van der Waals surface area contributed by atoms with Gasteiger partial charge in [-0.15, -0.1) is 35.3 Å². The zero-order chi connectivity index (χ0) is 14.9. The van der Waals surface area contributed by atoms with E-state index in [1.165, 1.54) is 4.88 Å². The molecule has 0 fully saturated rings. The summed E-state index contributed by atoms with van der Waals surface area (Å²) in [5, 5.41) is 7.70. The van der Waals surface area contributed by atoms with Crippen molar-refractivity contribution in [2.45, 2.75) is 26.7 Å². The van der Waals surface area contributed by atoms with E-state index in [1.807, 2.05) is 18.3 Å². The van der Waals surface area contributed by atoms with Crippen LogP contribution in [0.2, 0.25) is 0 Å². The molecule has 5 nitrogen and oxygen atoms in total. The summed E-state index contributed by atoms with van der Waals surface area (Å²) in [6.45, 7) is 6.53. The number of rotatable bonds is 7. The molecule has 2 aromatic rings. The lowest BCUT2D eigenvalue weighted by Crippen LogP contribution is -2.38. The Labute approximate surface area is 152 Å². The lowest BCUT2D eigenvalue weighted by atomic mass is 10.3. The highest BCUT2D eigenvalue weighted by atomic mass is 127. The Morgan fingerprint density at radius 1 is 1.36 bits per heavy atom. The van der Waals surface area contributed by atoms with Crippen molar-refractivity contribution in [2.24, 2.45) is 4.99 Å². The Balaban J connectivity index is 0.00000242. The molecule has 0 aliphatic heterocycles. The van der Waals surface area contributed by atoms with Gasteiger partial charge in [0.1, 0.15) is 5.76 Å². The van der Waals surface area contributed by atoms with E-state index in [1.54, 1.807) is 17.6 Å². The monoisotopic (exact) mass is 434 g/mol. The molecule has 0 aliphatic carbocycles. The minimum atomic E-state index is 0. The van der Waals surface area contributed by atoms with Crippen molar-refractivity contribution < 1.29 is 4.42 Å². The van der Waals surface area contributed by atoms with Gasteiger partial charge in [-0.2, -0.15) is 0 Å². The molecule has 2 heterocycles. The smallest absolute Gasteiger partial charge is 0.191 e. The number of furan rings is 1. The van der Waals surface area contributed by atoms with E-state index in [-0.39, 0.29) is 24.0 Å². The molecule has 0 atom stereocenters. The summed E-state index contributed by atoms with van der Waals surface area (Å²) in [5.74, 6) is 1.83. The van der Waals surface area contributed by atoms with Gasteiger partial charge in [0, 0.05) is 43.5 Å². The van der Waals surface area contributed by atoms with Gasteiger partial charge in [0.15, 0.2) is 5.96 Å². The van der Waals surface area contributed by atoms with Crippen molar-refractivity contribution in [3.63, 3.8) is 0 Å². The summed E-state index contributed by atoms with van der Waals surface area (Å²) in [7, 11) is 0. The van der Waals surface area contributed by atoms with Crippen LogP contribution >= 0.6 is 35.3 Å². The molecule has 22 heavy (non-hydrogen) atoms. The number of halogens is 1. The summed E-state index contributed by atoms with van der Waals surface area (Å²) in [6.07, 6.45) is 5.34. The highest BCUT2D eigenvalue weighted by Gasteiger charge is 2.01. The largest absolute Gasteiger partial charge is 0.469 e. The molecule has 0 aliphatic rings. The molecule has 7 heteroatoms. The van der Waals surface area contributed by atoms with Crippen molar-refractivity contribution in [1.29, 1.82) is 0 Å². The number of aliphatic imine (C=N–C) groups is 1. The Morgan fingerprint density at radius 2 is 2.23 bits per heavy atom. The first-order valence-corrected chi connectivity index (χ1v) is 8.05. The third kappa shape index (κ3) is 6.78. The molecule has 0 spiro atoms. The molecule has 0 saturated carbocycles. The zero-order valence-corrected chi connectivity index (χ0v) is 16.1. The fraction of sp³-hybridized carbons (Fsp3) is 0.467. The molecule has 2 N–H and O–H groups in total. The summed E-state index contributed by atoms with van der Waals surface area (Å²) in [6, 6.07) is 3.89. The fourth-order valence-electron chi connectivity index (χ4n) is 1.88. The minimum absolute atomic E-state index is 0. The number of aromatic nitrogens is 1. The van der Waals surface area contributed by atoms with E-state index in [4.69, 9.17) is 4.42 Å². The van der Waals surface area contributed by atoms with Gasteiger partial charge >= 0.3 is 0 Å². The van der Waals surface area contributed by atoms with Crippen molar-refractivity contribution in [1.82, 2.24) is 15.6 Å². The predicted octanol–water partition coefficient (Wildman–Crippen LogP) is 3.00. The van der Waals surface area contributed by atoms with Gasteiger partial charge in [0.05, 0.1) is 11.3 Å². The Hall–Kier alpha value is -1.09. The van der Waals surface area contributed by atoms with Gasteiger partial charge in [0.2, 0.25) is 0 Å². The summed E-state index contributed by atoms with van der Waals surface area (Å²) in [4.78, 5) is 10.2. The predicted molar refractivity (Wildman–Crippen MR) is 102 cm³/mol. The van der Waals surface area contributed by atoms with Crippen molar-refractivity contribution >= 4 is 41.3 Å². The van der Waals surface area contributed by atoms with Crippen LogP contribution in [0.1, 0.15) is 22.6 Å². The highest BCUT2D eigenvalue weighted by Crippen LogP contribution is 2.11. The molecule has 0 unspecified atom stereocenters. The second-order valence-corrected chi connectivity index (χ2v) is 5.95. The van der Waals surface area contributed by atoms with Crippen LogP contribution < -0.4 is 10.6 Å². The lowest BCUT2D eigenvalue weighted by Gasteiger charge is -2.10. The topological polar surface area (TPSA) is 62.5 Å². The van der Waals surface area contributed by atoms with E-state index in [9.17, 15) is 0 Å². The molecular formula is C15H23IN4OS. The molecule has 0 saturated heterocycles. The van der Waals surface area contributed by atoms with E-state index in [0.717, 1.165) is 49.2 Å². The SMILES string of the molecule is CCNC(=NCCc1ncc(C)s1)NCCc1ccco1.I. The van der Waals surface area contributed by atoms with Crippen LogP contribution in [0, 0.1) is 6.92 Å². The van der Waals surface area contributed by atoms with Crippen molar-refractivity contribution in [3.05, 3.63) is 40.2 Å². The normalized spacial score (nSPS) is 11.1. The number of nitrogens with zero attached hydrogens (tertiary/aromatic N) is 2. The number of hydrogen-bond donors (Lipinski definition) is 2. The maximum Gasteiger partial charge on any atom is 0.191 e. The molecule has 2 rings (SSSR count). The summed E-state index contributed by atoms with van der Waals surface area (Å²) in [5.41, 5.74) is 0. The standard InChI is InChI=1S/C15H22N4OS.HI/c1-3-16-15(17-8-6-13-5-4-10-20-13)18-9-7-14-19-11-12(2)21-14;/h4-5,10-11H,3,6-9H2,1-2H3,(H2,16,17,18);1H. The first-order valence-electron chi connectivity index (χ1n) is 7.24. The number of thiazole rings is 1. The minimum Gasteiger partial charge on any atom is -0.469 e. The number of hydrogen-bond acceptors (Lipinski definition) is 4. The Bertz CT molecular complexity index is 554. The first-order chi connectivity index (χ1) is 10.3. The summed E-state index contributed by atoms with van der Waals surface area (Å²) < 4.78 is 5.31. The maximum atomic E-state index is 5.31. The highest BCUT2D eigenvalue weighted by molar-refractivity contribution is 14.0. The quantitative estimate of drug-likeness (QED) is 0.400. The van der Waals surface area contributed by atoms with Crippen LogP contribution in [-0.2, 0) is 12.8 Å². The van der Waals surface area contributed by atoms with E-state index in [0.29, 0.717) is 0 Å². The summed E-state index contributed by atoms with van der Waals surface area (Å²) >= 11 is 1.74. The van der Waals surface area contributed by atoms with Crippen molar-refractivity contribution in [3.8, 4) is 0 Å². The van der Waals surface area contributed by atoms with Crippen LogP contribution in [0.3, 0.4) is 0 Å². The lowest BCUT2D eigenvalue weighted by molar-refractivity contribution is 0.507. The Morgan fingerprint density at radius 3 is 2.86 bits per heavy atom. The van der Waals surface area contributed by atoms with Gasteiger partial charge < -0.3 is 15.1 Å². The molecule has 0 amide bonds. The second kappa shape index (κ2) is 10.6. The third-order valence-corrected chi connectivity index (χ3v) is 3.83. The third-order valence-electron chi connectivity index (χ3n) is 2.85. The van der Waals surface area contributed by atoms with Gasteiger partial charge in [-0.3, -0.25) is 4.99 Å². The molecule has 2 aromatic heterocycles. The fourth-order valence-corrected chi connectivity index (χ4v) is 2.66. The van der Waals surface area contributed by atoms with E-state index >= 15 is 0 Å². The maximum absolute atomic E-state index is 5.31. The van der Waals surface area contributed by atoms with Crippen LogP contribution in [0.25, 0.3) is 0 Å². The van der Waals surface area contributed by atoms with Gasteiger partial charge in [-0.25, -0.2) is 4.98 Å².